The largest absolute Gasteiger partial charge is 0.361 e. The lowest BCUT2D eigenvalue weighted by atomic mass is 10.0. The Kier molecular flexibility index (Phi) is 4.24. The van der Waals surface area contributed by atoms with E-state index in [0.29, 0.717) is 6.42 Å². The predicted molar refractivity (Wildman–Crippen MR) is 86.7 cm³/mol. The summed E-state index contributed by atoms with van der Waals surface area (Å²) in [5.74, 6) is -1.80. The number of hydrogen-bond donors (Lipinski definition) is 1. The van der Waals surface area contributed by atoms with Gasteiger partial charge >= 0.3 is 0 Å². The molecule has 0 spiro atoms. The van der Waals surface area contributed by atoms with Gasteiger partial charge in [-0.25, -0.2) is 8.78 Å². The fraction of sp³-hybridized carbons (Fsp3) is 0.211. The summed E-state index contributed by atoms with van der Waals surface area (Å²) >= 11 is 0. The summed E-state index contributed by atoms with van der Waals surface area (Å²) in [4.78, 5) is 15.4. The van der Waals surface area contributed by atoms with Gasteiger partial charge in [0.05, 0.1) is 5.56 Å². The standard InChI is InChI=1S/C19H17F2NO/c1-2-12-4-3-5-15-13(11-22-19(12)15)6-9-18(23)16-8-7-14(20)10-17(16)21/h3-5,7-8,10-11,22H,2,6,9H2,1H3. The third kappa shape index (κ3) is 3.02. The molecule has 3 rings (SSSR count). The molecule has 3 aromatic rings. The summed E-state index contributed by atoms with van der Waals surface area (Å²) in [6, 6.07) is 9.14. The minimum Gasteiger partial charge on any atom is -0.361 e. The first-order valence-corrected chi connectivity index (χ1v) is 7.66. The zero-order valence-corrected chi connectivity index (χ0v) is 12.8. The molecule has 0 aliphatic heterocycles. The zero-order chi connectivity index (χ0) is 16.4. The van der Waals surface area contributed by atoms with Crippen molar-refractivity contribution in [2.24, 2.45) is 0 Å². The maximum absolute atomic E-state index is 13.7. The summed E-state index contributed by atoms with van der Waals surface area (Å²) in [5, 5.41) is 1.09. The highest BCUT2D eigenvalue weighted by atomic mass is 19.1. The number of carbonyl (C=O) groups is 1. The number of fused-ring (bicyclic) bond motifs is 1. The Morgan fingerprint density at radius 1 is 1.13 bits per heavy atom. The lowest BCUT2D eigenvalue weighted by Gasteiger charge is -2.03. The second kappa shape index (κ2) is 6.32. The Bertz CT molecular complexity index is 867. The van der Waals surface area contributed by atoms with Crippen LogP contribution in [-0.4, -0.2) is 10.8 Å². The maximum Gasteiger partial charge on any atom is 0.166 e. The molecule has 4 heteroatoms. The molecule has 0 bridgehead atoms. The highest BCUT2D eigenvalue weighted by Gasteiger charge is 2.14. The van der Waals surface area contributed by atoms with Crippen LogP contribution in [0.1, 0.15) is 34.8 Å². The molecule has 0 atom stereocenters. The molecular weight excluding hydrogens is 296 g/mol. The third-order valence-electron chi connectivity index (χ3n) is 4.12. The van der Waals surface area contributed by atoms with Gasteiger partial charge in [0.15, 0.2) is 5.78 Å². The Labute approximate surface area is 133 Å². The van der Waals surface area contributed by atoms with Crippen LogP contribution in [0.5, 0.6) is 0 Å². The van der Waals surface area contributed by atoms with E-state index < -0.39 is 11.6 Å². The molecule has 0 aliphatic carbocycles. The molecule has 2 aromatic carbocycles. The highest BCUT2D eigenvalue weighted by molar-refractivity contribution is 5.97. The summed E-state index contributed by atoms with van der Waals surface area (Å²) in [5.41, 5.74) is 3.29. The fourth-order valence-electron chi connectivity index (χ4n) is 2.88. The maximum atomic E-state index is 13.7. The van der Waals surface area contributed by atoms with Crippen molar-refractivity contribution in [1.82, 2.24) is 4.98 Å². The number of aromatic nitrogens is 1. The molecule has 118 valence electrons. The number of carbonyl (C=O) groups excluding carboxylic acids is 1. The van der Waals surface area contributed by atoms with Crippen molar-refractivity contribution in [1.29, 1.82) is 0 Å². The molecule has 23 heavy (non-hydrogen) atoms. The number of hydrogen-bond acceptors (Lipinski definition) is 1. The number of halogens is 2. The van der Waals surface area contributed by atoms with Gasteiger partial charge in [-0.1, -0.05) is 25.1 Å². The van der Waals surface area contributed by atoms with Gasteiger partial charge in [-0.2, -0.15) is 0 Å². The Hall–Kier alpha value is -2.49. The molecular formula is C19H17F2NO. The number of benzene rings is 2. The first-order chi connectivity index (χ1) is 11.1. The predicted octanol–water partition coefficient (Wildman–Crippen LogP) is 4.82. The van der Waals surface area contributed by atoms with E-state index in [9.17, 15) is 13.6 Å². The van der Waals surface area contributed by atoms with Crippen LogP contribution < -0.4 is 0 Å². The molecule has 0 fully saturated rings. The van der Waals surface area contributed by atoms with Crippen molar-refractivity contribution in [3.8, 4) is 0 Å². The summed E-state index contributed by atoms with van der Waals surface area (Å²) in [6.07, 6.45) is 3.53. The molecule has 1 N–H and O–H groups in total. The molecule has 1 aromatic heterocycles. The topological polar surface area (TPSA) is 32.9 Å². The van der Waals surface area contributed by atoms with Crippen molar-refractivity contribution in [3.05, 3.63) is 70.9 Å². The van der Waals surface area contributed by atoms with Crippen LogP contribution in [0.25, 0.3) is 10.9 Å². The van der Waals surface area contributed by atoms with Crippen LogP contribution in [0, 0.1) is 11.6 Å². The van der Waals surface area contributed by atoms with Gasteiger partial charge < -0.3 is 4.98 Å². The number of nitrogens with one attached hydrogen (secondary N) is 1. The van der Waals surface area contributed by atoms with Crippen LogP contribution in [0.3, 0.4) is 0 Å². The van der Waals surface area contributed by atoms with Crippen LogP contribution in [-0.2, 0) is 12.8 Å². The lowest BCUT2D eigenvalue weighted by Crippen LogP contribution is -2.04. The SMILES string of the molecule is CCc1cccc2c(CCC(=O)c3ccc(F)cc3F)c[nH]c12. The zero-order valence-electron chi connectivity index (χ0n) is 12.8. The van der Waals surface area contributed by atoms with Crippen molar-refractivity contribution >= 4 is 16.7 Å². The Morgan fingerprint density at radius 3 is 2.70 bits per heavy atom. The average molecular weight is 313 g/mol. The van der Waals surface area contributed by atoms with E-state index in [2.05, 4.69) is 18.0 Å². The van der Waals surface area contributed by atoms with Crippen molar-refractivity contribution in [3.63, 3.8) is 0 Å². The third-order valence-corrected chi connectivity index (χ3v) is 4.12. The number of Topliss-reactive ketones (excluding diaryl/α,β-unsaturated/α-hetero) is 1. The summed E-state index contributed by atoms with van der Waals surface area (Å²) < 4.78 is 26.6. The lowest BCUT2D eigenvalue weighted by molar-refractivity contribution is 0.0979. The molecule has 0 saturated heterocycles. The normalized spacial score (nSPS) is 11.1. The summed E-state index contributed by atoms with van der Waals surface area (Å²) in [6.45, 7) is 2.09. The number of H-pyrrole nitrogens is 1. The van der Waals surface area contributed by atoms with Crippen molar-refractivity contribution in [2.45, 2.75) is 26.2 Å². The van der Waals surface area contributed by atoms with Gasteiger partial charge in [-0.05, 0) is 36.1 Å². The summed E-state index contributed by atoms with van der Waals surface area (Å²) in [7, 11) is 0. The van der Waals surface area contributed by atoms with Crippen LogP contribution in [0.2, 0.25) is 0 Å². The van der Waals surface area contributed by atoms with E-state index >= 15 is 0 Å². The van der Waals surface area contributed by atoms with E-state index in [1.165, 1.54) is 11.6 Å². The van der Waals surface area contributed by atoms with Gasteiger partial charge in [-0.15, -0.1) is 0 Å². The van der Waals surface area contributed by atoms with Crippen molar-refractivity contribution < 1.29 is 13.6 Å². The van der Waals surface area contributed by atoms with Gasteiger partial charge in [-0.3, -0.25) is 4.79 Å². The van der Waals surface area contributed by atoms with Crippen LogP contribution in [0.4, 0.5) is 8.78 Å². The second-order valence-corrected chi connectivity index (χ2v) is 5.55. The van der Waals surface area contributed by atoms with Crippen molar-refractivity contribution in [2.75, 3.05) is 0 Å². The first-order valence-electron chi connectivity index (χ1n) is 7.66. The minimum absolute atomic E-state index is 0.0551. The molecule has 0 saturated carbocycles. The molecule has 0 unspecified atom stereocenters. The smallest absolute Gasteiger partial charge is 0.166 e. The second-order valence-electron chi connectivity index (χ2n) is 5.55. The average Bonchev–Trinajstić information content (AvgIpc) is 2.95. The monoisotopic (exact) mass is 313 g/mol. The molecule has 0 aliphatic rings. The fourth-order valence-corrected chi connectivity index (χ4v) is 2.88. The molecule has 1 heterocycles. The number of aromatic amines is 1. The van der Waals surface area contributed by atoms with Gasteiger partial charge in [0.1, 0.15) is 11.6 Å². The van der Waals surface area contributed by atoms with E-state index in [1.54, 1.807) is 0 Å². The van der Waals surface area contributed by atoms with Gasteiger partial charge in [0.2, 0.25) is 0 Å². The molecule has 0 amide bonds. The van der Waals surface area contributed by atoms with E-state index in [-0.39, 0.29) is 17.8 Å². The van der Waals surface area contributed by atoms with E-state index in [4.69, 9.17) is 0 Å². The highest BCUT2D eigenvalue weighted by Crippen LogP contribution is 2.24. The molecule has 2 nitrogen and oxygen atoms in total. The first kappa shape index (κ1) is 15.4. The van der Waals surface area contributed by atoms with Gasteiger partial charge in [0.25, 0.3) is 0 Å². The quantitative estimate of drug-likeness (QED) is 0.673. The number of aryl methyl sites for hydroxylation is 2. The van der Waals surface area contributed by atoms with E-state index in [0.717, 1.165) is 35.0 Å². The van der Waals surface area contributed by atoms with Gasteiger partial charge in [0, 0.05) is 29.6 Å². The number of rotatable bonds is 5. The number of para-hydroxylation sites is 1. The number of ketones is 1. The Morgan fingerprint density at radius 2 is 1.96 bits per heavy atom. The Balaban J connectivity index is 1.79. The van der Waals surface area contributed by atoms with Crippen LogP contribution >= 0.6 is 0 Å². The minimum atomic E-state index is -0.804. The van der Waals surface area contributed by atoms with E-state index in [1.807, 2.05) is 18.3 Å². The van der Waals surface area contributed by atoms with Crippen LogP contribution in [0.15, 0.2) is 42.6 Å². The molecule has 0 radical (unpaired) electrons.